The molecule has 0 aromatic carbocycles. The third-order valence-corrected chi connectivity index (χ3v) is 2.35. The fourth-order valence-electron chi connectivity index (χ4n) is 1.21. The second kappa shape index (κ2) is 7.53. The van der Waals surface area contributed by atoms with Gasteiger partial charge >= 0.3 is 0 Å². The quantitative estimate of drug-likeness (QED) is 0.631. The minimum atomic E-state index is -2.69. The molecule has 0 aromatic rings. The average Bonchev–Trinajstić information content (AvgIpc) is 2.22. The van der Waals surface area contributed by atoms with Crippen molar-refractivity contribution >= 4 is 0 Å². The number of hydrogen-bond donors (Lipinski definition) is 2. The van der Waals surface area contributed by atoms with Crippen LogP contribution in [0.3, 0.4) is 0 Å². The normalized spacial score (nSPS) is 13.8. The van der Waals surface area contributed by atoms with Crippen molar-refractivity contribution in [1.82, 2.24) is 5.32 Å². The van der Waals surface area contributed by atoms with Crippen molar-refractivity contribution in [3.05, 3.63) is 0 Å². The first kappa shape index (κ1) is 15.3. The fraction of sp³-hybridized carbons (Fsp3) is 0.909. The van der Waals surface area contributed by atoms with Gasteiger partial charge in [-0.25, -0.2) is 8.78 Å². The van der Waals surface area contributed by atoms with E-state index in [1.54, 1.807) is 0 Å². The maximum atomic E-state index is 11.9. The Morgan fingerprint density at radius 3 is 2.50 bits per heavy atom. The molecule has 2 N–H and O–H groups in total. The molecule has 0 fully saturated rings. The second-order valence-corrected chi connectivity index (χ2v) is 4.56. The first-order valence-corrected chi connectivity index (χ1v) is 5.47. The van der Waals surface area contributed by atoms with Crippen molar-refractivity contribution in [2.24, 2.45) is 5.41 Å². The Bertz CT molecular complexity index is 227. The number of rotatable bonds is 8. The number of nitrogens with one attached hydrogen (secondary N) is 1. The molecular formula is C11H20F2N2O. The summed E-state index contributed by atoms with van der Waals surface area (Å²) in [5.41, 5.74) is -0.317. The van der Waals surface area contributed by atoms with Crippen LogP contribution in [0, 0.1) is 16.7 Å². The molecule has 1 atom stereocenters. The van der Waals surface area contributed by atoms with E-state index in [0.717, 1.165) is 19.3 Å². The van der Waals surface area contributed by atoms with Gasteiger partial charge in [-0.05, 0) is 33.2 Å². The van der Waals surface area contributed by atoms with Crippen molar-refractivity contribution in [1.29, 1.82) is 5.26 Å². The number of nitriles is 1. The number of alkyl halides is 2. The summed E-state index contributed by atoms with van der Waals surface area (Å²) in [5, 5.41) is 20.3. The van der Waals surface area contributed by atoms with Crippen molar-refractivity contribution in [3.8, 4) is 6.07 Å². The molecule has 0 aliphatic heterocycles. The third kappa shape index (κ3) is 7.55. The third-order valence-electron chi connectivity index (χ3n) is 2.35. The van der Waals surface area contributed by atoms with Gasteiger partial charge in [-0.2, -0.15) is 5.26 Å². The summed E-state index contributed by atoms with van der Waals surface area (Å²) in [5.74, 6) is 0. The average molecular weight is 234 g/mol. The maximum Gasteiger partial charge on any atom is 0.265 e. The first-order valence-electron chi connectivity index (χ1n) is 5.47. The number of aliphatic hydroxyl groups excluding tert-OH is 1. The van der Waals surface area contributed by atoms with Crippen LogP contribution in [0.25, 0.3) is 0 Å². The van der Waals surface area contributed by atoms with Gasteiger partial charge in [0, 0.05) is 6.54 Å². The highest BCUT2D eigenvalue weighted by molar-refractivity contribution is 4.91. The van der Waals surface area contributed by atoms with Crippen LogP contribution in [-0.4, -0.2) is 30.7 Å². The number of hydrogen-bond acceptors (Lipinski definition) is 3. The topological polar surface area (TPSA) is 56.0 Å². The van der Waals surface area contributed by atoms with Gasteiger partial charge < -0.3 is 10.4 Å². The molecule has 0 amide bonds. The van der Waals surface area contributed by atoms with Gasteiger partial charge in [0.2, 0.25) is 0 Å². The molecule has 0 radical (unpaired) electrons. The van der Waals surface area contributed by atoms with Gasteiger partial charge in [-0.1, -0.05) is 6.42 Å². The molecule has 0 aliphatic carbocycles. The Morgan fingerprint density at radius 1 is 1.38 bits per heavy atom. The van der Waals surface area contributed by atoms with Gasteiger partial charge in [0.25, 0.3) is 6.43 Å². The molecule has 16 heavy (non-hydrogen) atoms. The molecule has 0 saturated heterocycles. The van der Waals surface area contributed by atoms with Crippen LogP contribution in [-0.2, 0) is 0 Å². The molecule has 0 rings (SSSR count). The predicted octanol–water partition coefficient (Wildman–Crippen LogP) is 1.92. The summed E-state index contributed by atoms with van der Waals surface area (Å²) in [6, 6.07) is 2.21. The lowest BCUT2D eigenvalue weighted by Crippen LogP contribution is -2.32. The molecule has 1 unspecified atom stereocenters. The number of aliphatic hydroxyl groups is 1. The Kier molecular flexibility index (Phi) is 7.18. The van der Waals surface area contributed by atoms with Gasteiger partial charge in [-0.15, -0.1) is 0 Å². The predicted molar refractivity (Wildman–Crippen MR) is 58.1 cm³/mol. The minimum absolute atomic E-state index is 0.0840. The zero-order chi connectivity index (χ0) is 12.6. The molecule has 0 bridgehead atoms. The summed E-state index contributed by atoms with van der Waals surface area (Å²) < 4.78 is 23.8. The fourth-order valence-corrected chi connectivity index (χ4v) is 1.21. The van der Waals surface area contributed by atoms with Crippen LogP contribution >= 0.6 is 0 Å². The van der Waals surface area contributed by atoms with E-state index in [-0.39, 0.29) is 12.0 Å². The van der Waals surface area contributed by atoms with E-state index in [4.69, 9.17) is 10.4 Å². The summed E-state index contributed by atoms with van der Waals surface area (Å²) in [6.45, 7) is 4.26. The Hall–Kier alpha value is -0.730. The molecule has 0 heterocycles. The highest BCUT2D eigenvalue weighted by Crippen LogP contribution is 2.21. The lowest BCUT2D eigenvalue weighted by atomic mass is 9.89. The van der Waals surface area contributed by atoms with Crippen molar-refractivity contribution in [2.75, 3.05) is 13.1 Å². The molecule has 94 valence electrons. The second-order valence-electron chi connectivity index (χ2n) is 4.56. The number of halogens is 2. The SMILES string of the molecule is CC(C)(C#N)CCCCNCC(O)C(F)F. The van der Waals surface area contributed by atoms with Gasteiger partial charge in [0.1, 0.15) is 6.10 Å². The van der Waals surface area contributed by atoms with Crippen molar-refractivity contribution in [2.45, 2.75) is 45.6 Å². The first-order chi connectivity index (χ1) is 7.39. The van der Waals surface area contributed by atoms with Crippen LogP contribution < -0.4 is 5.32 Å². The van der Waals surface area contributed by atoms with Gasteiger partial charge in [0.05, 0.1) is 11.5 Å². The van der Waals surface area contributed by atoms with E-state index >= 15 is 0 Å². The molecule has 0 spiro atoms. The molecule has 5 heteroatoms. The van der Waals surface area contributed by atoms with E-state index < -0.39 is 12.5 Å². The molecular weight excluding hydrogens is 214 g/mol. The molecule has 3 nitrogen and oxygen atoms in total. The number of unbranched alkanes of at least 4 members (excludes halogenated alkanes) is 1. The van der Waals surface area contributed by atoms with E-state index in [1.807, 2.05) is 13.8 Å². The van der Waals surface area contributed by atoms with E-state index in [1.165, 1.54) is 0 Å². The summed E-state index contributed by atoms with van der Waals surface area (Å²) in [6.07, 6.45) is -1.79. The molecule has 0 aliphatic rings. The summed E-state index contributed by atoms with van der Waals surface area (Å²) in [4.78, 5) is 0. The minimum Gasteiger partial charge on any atom is -0.386 e. The van der Waals surface area contributed by atoms with Crippen molar-refractivity contribution < 1.29 is 13.9 Å². The number of nitrogens with zero attached hydrogens (tertiary/aromatic N) is 1. The van der Waals surface area contributed by atoms with Gasteiger partial charge in [0.15, 0.2) is 0 Å². The van der Waals surface area contributed by atoms with Crippen LogP contribution in [0.5, 0.6) is 0 Å². The standard InChI is InChI=1S/C11H20F2N2O/c1-11(2,8-14)5-3-4-6-15-7-9(16)10(12)13/h9-10,15-16H,3-7H2,1-2H3. The van der Waals surface area contributed by atoms with E-state index in [2.05, 4.69) is 11.4 Å². The summed E-state index contributed by atoms with van der Waals surface area (Å²) in [7, 11) is 0. The van der Waals surface area contributed by atoms with Gasteiger partial charge in [-0.3, -0.25) is 0 Å². The monoisotopic (exact) mass is 234 g/mol. The van der Waals surface area contributed by atoms with Crippen LogP contribution in [0.15, 0.2) is 0 Å². The highest BCUT2D eigenvalue weighted by Gasteiger charge is 2.16. The Balaban J connectivity index is 3.39. The summed E-state index contributed by atoms with van der Waals surface area (Å²) >= 11 is 0. The largest absolute Gasteiger partial charge is 0.386 e. The molecule has 0 saturated carbocycles. The van der Waals surface area contributed by atoms with E-state index in [0.29, 0.717) is 6.54 Å². The van der Waals surface area contributed by atoms with Crippen LogP contribution in [0.2, 0.25) is 0 Å². The lowest BCUT2D eigenvalue weighted by Gasteiger charge is -2.15. The zero-order valence-corrected chi connectivity index (χ0v) is 9.84. The Morgan fingerprint density at radius 2 is 2.00 bits per heavy atom. The zero-order valence-electron chi connectivity index (χ0n) is 9.84. The van der Waals surface area contributed by atoms with E-state index in [9.17, 15) is 8.78 Å². The highest BCUT2D eigenvalue weighted by atomic mass is 19.3. The molecule has 0 aromatic heterocycles. The Labute approximate surface area is 95.5 Å². The maximum absolute atomic E-state index is 11.9. The van der Waals surface area contributed by atoms with Crippen LogP contribution in [0.1, 0.15) is 33.1 Å². The van der Waals surface area contributed by atoms with Crippen LogP contribution in [0.4, 0.5) is 8.78 Å². The van der Waals surface area contributed by atoms with Crippen molar-refractivity contribution in [3.63, 3.8) is 0 Å². The smallest absolute Gasteiger partial charge is 0.265 e. The lowest BCUT2D eigenvalue weighted by molar-refractivity contribution is -0.00318.